The van der Waals surface area contributed by atoms with Gasteiger partial charge in [0.05, 0.1) is 13.3 Å². The fourth-order valence-electron chi connectivity index (χ4n) is 7.05. The summed E-state index contributed by atoms with van der Waals surface area (Å²) in [4.78, 5) is 29.0. The second kappa shape index (κ2) is 8.50. The Hall–Kier alpha value is -1.62. The molecular formula is C24H46N8O2. The summed E-state index contributed by atoms with van der Waals surface area (Å²) in [6.45, 7) is 18.5. The van der Waals surface area contributed by atoms with Crippen molar-refractivity contribution in [2.45, 2.75) is 128 Å². The summed E-state index contributed by atoms with van der Waals surface area (Å²) in [7, 11) is 0. The Balaban J connectivity index is 1.34. The Kier molecular flexibility index (Phi) is 6.37. The van der Waals surface area contributed by atoms with Crippen molar-refractivity contribution in [2.24, 2.45) is 0 Å². The zero-order chi connectivity index (χ0) is 25.1. The molecule has 2 unspecified atom stereocenters. The average Bonchev–Trinajstić information content (AvgIpc) is 3.06. The van der Waals surface area contributed by atoms with Gasteiger partial charge >= 0.3 is 12.1 Å². The van der Waals surface area contributed by atoms with Crippen molar-refractivity contribution >= 4 is 12.1 Å². The summed E-state index contributed by atoms with van der Waals surface area (Å²) in [5.41, 5.74) is 0.0993. The standard InChI is InChI=1S/C24H46N8O2/c1-21(2)9-15(10-22(3,4)29-21)25-13-31-17-18(28-19(31)33)32(20(34)27-17)14-26-16-11-23(5,6)30-24(7,8)12-16/h15-18,25-26,29-30H,9-14H2,1-8H3,(H,27,34)(H,28,33). The number of carbonyl (C=O) groups is 2. The highest BCUT2D eigenvalue weighted by Crippen LogP contribution is 2.30. The molecule has 10 heteroatoms. The van der Waals surface area contributed by atoms with E-state index in [0.717, 1.165) is 25.7 Å². The molecule has 194 valence electrons. The van der Waals surface area contributed by atoms with Crippen molar-refractivity contribution in [3.8, 4) is 0 Å². The van der Waals surface area contributed by atoms with Crippen LogP contribution in [-0.4, -0.2) is 81.8 Å². The van der Waals surface area contributed by atoms with E-state index in [9.17, 15) is 9.59 Å². The number of hydrogen-bond acceptors (Lipinski definition) is 6. The first kappa shape index (κ1) is 25.5. The Morgan fingerprint density at radius 1 is 0.647 bits per heavy atom. The predicted octanol–water partition coefficient (Wildman–Crippen LogP) is 1.40. The van der Waals surface area contributed by atoms with Gasteiger partial charge < -0.3 is 21.3 Å². The van der Waals surface area contributed by atoms with Crippen LogP contribution in [0.1, 0.15) is 81.1 Å². The van der Waals surface area contributed by atoms with Gasteiger partial charge in [-0.05, 0) is 81.1 Å². The molecule has 4 saturated heterocycles. The van der Waals surface area contributed by atoms with E-state index in [1.165, 1.54) is 0 Å². The van der Waals surface area contributed by atoms with Gasteiger partial charge in [-0.2, -0.15) is 0 Å². The number of rotatable bonds is 6. The fraction of sp³-hybridized carbons (Fsp3) is 0.917. The number of carbonyl (C=O) groups excluding carboxylic acids is 2. The van der Waals surface area contributed by atoms with E-state index in [0.29, 0.717) is 25.4 Å². The van der Waals surface area contributed by atoms with Crippen molar-refractivity contribution < 1.29 is 9.59 Å². The van der Waals surface area contributed by atoms with Crippen molar-refractivity contribution in [2.75, 3.05) is 13.3 Å². The molecule has 2 atom stereocenters. The molecule has 4 fully saturated rings. The Morgan fingerprint density at radius 3 is 1.24 bits per heavy atom. The number of nitrogens with one attached hydrogen (secondary N) is 6. The summed E-state index contributed by atoms with van der Waals surface area (Å²) >= 11 is 0. The molecule has 10 nitrogen and oxygen atoms in total. The minimum absolute atomic E-state index is 0.0248. The number of amides is 4. The van der Waals surface area contributed by atoms with E-state index in [4.69, 9.17) is 0 Å². The van der Waals surface area contributed by atoms with E-state index in [1.54, 1.807) is 9.80 Å². The van der Waals surface area contributed by atoms with Crippen LogP contribution in [0, 0.1) is 0 Å². The van der Waals surface area contributed by atoms with E-state index in [-0.39, 0.29) is 46.5 Å². The van der Waals surface area contributed by atoms with E-state index < -0.39 is 0 Å². The monoisotopic (exact) mass is 478 g/mol. The minimum Gasteiger partial charge on any atom is -0.314 e. The quantitative estimate of drug-likeness (QED) is 0.344. The predicted molar refractivity (Wildman–Crippen MR) is 133 cm³/mol. The van der Waals surface area contributed by atoms with Crippen LogP contribution in [0.4, 0.5) is 9.59 Å². The van der Waals surface area contributed by atoms with Crippen LogP contribution in [0.2, 0.25) is 0 Å². The van der Waals surface area contributed by atoms with Crippen LogP contribution in [-0.2, 0) is 0 Å². The van der Waals surface area contributed by atoms with Crippen molar-refractivity contribution in [1.82, 2.24) is 41.7 Å². The molecule has 4 aliphatic heterocycles. The van der Waals surface area contributed by atoms with Gasteiger partial charge in [0.2, 0.25) is 0 Å². The lowest BCUT2D eigenvalue weighted by molar-refractivity contribution is 0.123. The Morgan fingerprint density at radius 2 is 0.941 bits per heavy atom. The Bertz CT molecular complexity index is 713. The molecule has 4 aliphatic rings. The second-order valence-corrected chi connectivity index (χ2v) is 13.4. The zero-order valence-electron chi connectivity index (χ0n) is 22.3. The highest BCUT2D eigenvalue weighted by Gasteiger charge is 2.51. The van der Waals surface area contributed by atoms with E-state index in [2.05, 4.69) is 87.3 Å². The zero-order valence-corrected chi connectivity index (χ0v) is 22.3. The molecule has 0 aromatic rings. The van der Waals surface area contributed by atoms with Gasteiger partial charge in [0.1, 0.15) is 12.3 Å². The lowest BCUT2D eigenvalue weighted by Crippen LogP contribution is -2.62. The molecule has 0 bridgehead atoms. The summed E-state index contributed by atoms with van der Waals surface area (Å²) < 4.78 is 0. The molecule has 0 radical (unpaired) electrons. The third-order valence-corrected chi connectivity index (χ3v) is 7.52. The Labute approximate surface area is 204 Å². The van der Waals surface area contributed by atoms with Crippen LogP contribution in [0.25, 0.3) is 0 Å². The van der Waals surface area contributed by atoms with Crippen molar-refractivity contribution in [3.05, 3.63) is 0 Å². The summed E-state index contributed by atoms with van der Waals surface area (Å²) in [5.74, 6) is 0. The minimum atomic E-state index is -0.377. The molecule has 0 saturated carbocycles. The molecule has 0 aromatic carbocycles. The smallest absolute Gasteiger partial charge is 0.314 e. The van der Waals surface area contributed by atoms with Crippen LogP contribution in [0.5, 0.6) is 0 Å². The SMILES string of the molecule is CC1(C)CC(NCN2C(=O)NC3C2NC(=O)N3CNC2CC(C)(C)NC(C)(C)C2)CC(C)(C)N1. The number of nitrogens with zero attached hydrogens (tertiary/aromatic N) is 2. The van der Waals surface area contributed by atoms with Gasteiger partial charge in [-0.1, -0.05) is 0 Å². The van der Waals surface area contributed by atoms with Gasteiger partial charge in [0, 0.05) is 34.2 Å². The highest BCUT2D eigenvalue weighted by molar-refractivity contribution is 5.84. The maximum Gasteiger partial charge on any atom is 0.321 e. The first-order valence-electron chi connectivity index (χ1n) is 12.7. The van der Waals surface area contributed by atoms with Crippen LogP contribution in [0.3, 0.4) is 0 Å². The molecule has 34 heavy (non-hydrogen) atoms. The third-order valence-electron chi connectivity index (χ3n) is 7.52. The maximum atomic E-state index is 12.8. The average molecular weight is 479 g/mol. The lowest BCUT2D eigenvalue weighted by atomic mass is 9.79. The maximum absolute atomic E-state index is 12.8. The molecule has 0 aromatic heterocycles. The molecule has 4 rings (SSSR count). The normalized spacial score (nSPS) is 32.5. The summed E-state index contributed by atoms with van der Waals surface area (Å²) in [6, 6.07) is 0.285. The molecule has 6 N–H and O–H groups in total. The molecule has 0 aliphatic carbocycles. The third kappa shape index (κ3) is 5.61. The van der Waals surface area contributed by atoms with E-state index >= 15 is 0 Å². The van der Waals surface area contributed by atoms with Gasteiger partial charge in [-0.15, -0.1) is 0 Å². The van der Waals surface area contributed by atoms with Gasteiger partial charge in [-0.25, -0.2) is 9.59 Å². The fourth-order valence-corrected chi connectivity index (χ4v) is 7.05. The van der Waals surface area contributed by atoms with Gasteiger partial charge in [0.15, 0.2) is 0 Å². The highest BCUT2D eigenvalue weighted by atomic mass is 16.2. The van der Waals surface area contributed by atoms with Crippen LogP contribution >= 0.6 is 0 Å². The molecule has 4 heterocycles. The van der Waals surface area contributed by atoms with Crippen LogP contribution < -0.4 is 31.9 Å². The second-order valence-electron chi connectivity index (χ2n) is 13.4. The molecule has 4 amide bonds. The lowest BCUT2D eigenvalue weighted by Gasteiger charge is -2.47. The van der Waals surface area contributed by atoms with Crippen molar-refractivity contribution in [3.63, 3.8) is 0 Å². The topological polar surface area (TPSA) is 113 Å². The van der Waals surface area contributed by atoms with Gasteiger partial charge in [0.25, 0.3) is 0 Å². The molecule has 0 spiro atoms. The first-order valence-corrected chi connectivity index (χ1v) is 12.7. The van der Waals surface area contributed by atoms with Crippen LogP contribution in [0.15, 0.2) is 0 Å². The largest absolute Gasteiger partial charge is 0.321 e. The number of hydrogen-bond donors (Lipinski definition) is 6. The number of piperidine rings is 2. The first-order chi connectivity index (χ1) is 15.5. The summed E-state index contributed by atoms with van der Waals surface area (Å²) in [5, 5.41) is 20.6. The molecular weight excluding hydrogens is 432 g/mol. The van der Waals surface area contributed by atoms with Gasteiger partial charge in [-0.3, -0.25) is 20.4 Å². The summed E-state index contributed by atoms with van der Waals surface area (Å²) in [6.07, 6.45) is 3.16. The number of fused-ring (bicyclic) bond motifs is 1. The van der Waals surface area contributed by atoms with Crippen molar-refractivity contribution in [1.29, 1.82) is 0 Å². The van der Waals surface area contributed by atoms with E-state index in [1.807, 2.05) is 0 Å². The number of urea groups is 2.